The first kappa shape index (κ1) is 117. The average Bonchev–Trinajstić information content (AvgIpc) is 0.741. The summed E-state index contributed by atoms with van der Waals surface area (Å²) in [7, 11) is 87.8. The highest BCUT2D eigenvalue weighted by molar-refractivity contribution is 9.51. The maximum absolute atomic E-state index is 3.53. The maximum atomic E-state index is 3.53. The molecule has 0 aliphatic rings. The van der Waals surface area contributed by atoms with Gasteiger partial charge in [0.25, 0.3) is 0 Å². The maximum Gasteiger partial charge on any atom is 0.0467 e. The number of aryl methyl sites for hydroxylation is 6. The van der Waals surface area contributed by atoms with E-state index in [2.05, 4.69) is 529 Å². The fraction of sp³-hybridized carbons (Fsp3) is 0.0811. The molecule has 12 aromatic rings. The highest BCUT2D eigenvalue weighted by Crippen LogP contribution is 3.46. The number of benzene rings is 12. The lowest BCUT2D eigenvalue weighted by atomic mass is 9.84. The summed E-state index contributed by atoms with van der Waals surface area (Å²) in [6.45, 7) is 10.0. The van der Waals surface area contributed by atoms with Crippen LogP contribution in [0.4, 0.5) is 34.1 Å². The Hall–Kier alpha value is 11.8. The van der Waals surface area contributed by atoms with Crippen LogP contribution in [0.25, 0.3) is 77.2 Å². The molecule has 2 nitrogen and oxygen atoms in total. The molecule has 0 aromatic heterocycles. The van der Waals surface area contributed by atoms with E-state index in [0.717, 1.165) is 42.1 Å². The van der Waals surface area contributed by atoms with Crippen molar-refractivity contribution in [1.82, 2.24) is 0 Å². The van der Waals surface area contributed by atoms with Crippen molar-refractivity contribution in [3.8, 4) is 55.6 Å². The first-order chi connectivity index (χ1) is 59.4. The van der Waals surface area contributed by atoms with Crippen molar-refractivity contribution >= 4 is 448 Å². The van der Waals surface area contributed by atoms with Crippen LogP contribution in [0.15, 0.2) is 255 Å². The third kappa shape index (κ3) is 31.1. The van der Waals surface area contributed by atoms with E-state index >= 15 is 0 Å². The SMILES string of the molecule is Cc1ccc(N(c2ccc(-c3ccccc3)cc2)c2cccc(-c3ccc4c(-c5c(C)cc(C)c6cc(-c7cccc(N(c8ccc(C)cc8)c8ccc(-c9ccccc9)cc8)c7)ccc56)c(C)cc(C)c4c3)c2)cc1.PPP(P(P)P)P(P(P)P)P(P(P(P)P)P(P)P)P(P(P(P(P)P)P(P)P)P(P(P)P)P(P)P)P(P(P(P)P)P(P)P)P(P(P)P)P(P)P. The van der Waals surface area contributed by atoms with Crippen LogP contribution in [0, 0.1) is 41.5 Å². The number of fused-ring (bicyclic) bond motifs is 2. The van der Waals surface area contributed by atoms with E-state index in [1.807, 2.05) is 0 Å². The van der Waals surface area contributed by atoms with Crippen molar-refractivity contribution in [2.75, 3.05) is 9.80 Å². The molecule has 0 saturated heterocycles. The standard InChI is InChI=1S/C74H60N2.H51P49/c1-49-23-33-63(34-24-49)75(65-37-27-57(28-38-65)55-15-9-7-10-16-55)67-21-13-19-59(45-67)61-31-41-69-71(47-61)51(3)43-53(5)73(69)74-54(6)44-52(4)72-48-62(32-42-70(72)74)60-20-14-22-68(46-60)76(64-35-25-50(2)26-36-64)66-39-29-58(30-40-66)56-17-11-8-12-18-56;1-26-39(27(2)3)45(38(24)25)48(44(36(20)21)37(22)23)49(46(40(28(4)5)29(6)7)41(30(8)9)31(10)11)47(42(32(12)13)33(14)15)43(34(16)17)35(18)19/h7-48H,1-6H3;26H,1-25H2. The lowest BCUT2D eigenvalue weighted by Gasteiger charge is -2.58. The molecule has 0 aliphatic heterocycles. The largest absolute Gasteiger partial charge is 0.310 e. The molecule has 12 aromatic carbocycles. The Bertz CT molecular complexity index is 5120. The van der Waals surface area contributed by atoms with Gasteiger partial charge in [-0.05, 0) is 387 Å². The minimum Gasteiger partial charge on any atom is -0.310 e. The fourth-order valence-corrected chi connectivity index (χ4v) is 705. The molecular weight excluding hydrogens is 2430 g/mol. The molecule has 0 heterocycles. The summed E-state index contributed by atoms with van der Waals surface area (Å²) in [4.78, 5) is 4.73. The fourth-order valence-electron chi connectivity index (χ4n) is 14.2. The molecule has 29 unspecified atom stereocenters. The van der Waals surface area contributed by atoms with Gasteiger partial charge in [0, 0.05) is 34.1 Å². The Labute approximate surface area is 833 Å². The molecule has 125 heavy (non-hydrogen) atoms. The van der Waals surface area contributed by atoms with Crippen molar-refractivity contribution in [2.45, 2.75) is 41.5 Å². The summed E-state index contributed by atoms with van der Waals surface area (Å²) in [5.41, 5.74) is 26.4. The van der Waals surface area contributed by atoms with Gasteiger partial charge < -0.3 is 9.80 Å². The number of rotatable bonds is 34. The van der Waals surface area contributed by atoms with Crippen molar-refractivity contribution in [2.24, 2.45) is 0 Å². The van der Waals surface area contributed by atoms with Gasteiger partial charge in [-0.3, -0.25) is 0 Å². The zero-order chi connectivity index (χ0) is 90.9. The number of nitrogens with zero attached hydrogens (tertiary/aromatic N) is 2. The van der Waals surface area contributed by atoms with Crippen LogP contribution >= 0.6 is 392 Å². The van der Waals surface area contributed by atoms with Gasteiger partial charge in [-0.15, -0.1) is 223 Å². The van der Waals surface area contributed by atoms with Crippen LogP contribution in [-0.4, -0.2) is 0 Å². The average molecular weight is 2550 g/mol. The second-order valence-corrected chi connectivity index (χ2v) is 227. The van der Waals surface area contributed by atoms with Gasteiger partial charge in [0.15, 0.2) is 0 Å². The van der Waals surface area contributed by atoms with E-state index in [9.17, 15) is 0 Å². The van der Waals surface area contributed by atoms with Crippen LogP contribution in [0.5, 0.6) is 0 Å². The van der Waals surface area contributed by atoms with E-state index in [-0.39, 0.29) is 161 Å². The molecule has 0 fully saturated rings. The normalized spacial score (nSPS) is 13.3. The Kier molecular flexibility index (Phi) is 53.6. The van der Waals surface area contributed by atoms with Crippen molar-refractivity contribution in [3.63, 3.8) is 0 Å². The zero-order valence-corrected chi connectivity index (χ0v) is 120. The van der Waals surface area contributed by atoms with Crippen molar-refractivity contribution < 1.29 is 0 Å². The van der Waals surface area contributed by atoms with E-state index in [1.165, 1.54) is 111 Å². The van der Waals surface area contributed by atoms with E-state index < -0.39 is 0 Å². The van der Waals surface area contributed by atoms with Crippen molar-refractivity contribution in [3.05, 3.63) is 288 Å². The Morgan fingerprint density at radius 2 is 0.432 bits per heavy atom. The summed E-state index contributed by atoms with van der Waals surface area (Å²) in [6, 6.07) is 93.7. The minimum absolute atomic E-state index is 0.0365. The van der Waals surface area contributed by atoms with Gasteiger partial charge in [0.2, 0.25) is 0 Å². The third-order valence-electron chi connectivity index (χ3n) is 19.5. The smallest absolute Gasteiger partial charge is 0.0467 e. The Balaban J connectivity index is 0.000000271. The summed E-state index contributed by atoms with van der Waals surface area (Å²) in [6.07, 6.45) is 0. The molecule has 662 valence electrons. The molecule has 0 bridgehead atoms. The first-order valence-corrected chi connectivity index (χ1v) is 126. The Morgan fingerprint density at radius 1 is 0.192 bits per heavy atom. The summed E-state index contributed by atoms with van der Waals surface area (Å²) in [5, 5.41) is 5.08. The molecular formula is C74H111N2P49. The summed E-state index contributed by atoms with van der Waals surface area (Å²) in [5.74, 6) is 0. The van der Waals surface area contributed by atoms with E-state index in [0.29, 0.717) is 0 Å². The molecule has 0 radical (unpaired) electrons. The third-order valence-corrected chi connectivity index (χ3v) is 357. The van der Waals surface area contributed by atoms with Gasteiger partial charge in [0.05, 0.1) is 0 Å². The topological polar surface area (TPSA) is 6.48 Å². The quantitative estimate of drug-likeness (QED) is 0.0371. The number of hydrogen-bond acceptors (Lipinski definition) is 2. The number of anilines is 6. The first-order valence-electron chi connectivity index (χ1n) is 37.6. The molecule has 0 spiro atoms. The van der Waals surface area contributed by atoms with Crippen LogP contribution in [0.3, 0.4) is 0 Å². The van der Waals surface area contributed by atoms with Gasteiger partial charge in [-0.2, -0.15) is 0 Å². The van der Waals surface area contributed by atoms with E-state index in [4.69, 9.17) is 0 Å². The lowest BCUT2D eigenvalue weighted by molar-refractivity contribution is 1.27. The molecule has 12 rings (SSSR count). The molecule has 0 amide bonds. The van der Waals surface area contributed by atoms with Crippen LogP contribution in [0.2, 0.25) is 0 Å². The summed E-state index contributed by atoms with van der Waals surface area (Å²) < 4.78 is 0. The van der Waals surface area contributed by atoms with Crippen LogP contribution in [0.1, 0.15) is 33.4 Å². The molecule has 0 saturated carbocycles. The van der Waals surface area contributed by atoms with Crippen LogP contribution < -0.4 is 9.80 Å². The summed E-state index contributed by atoms with van der Waals surface area (Å²) >= 11 is 0. The molecule has 29 atom stereocenters. The Morgan fingerprint density at radius 3 is 0.704 bits per heavy atom. The van der Waals surface area contributed by atoms with E-state index in [1.54, 1.807) is 0 Å². The highest BCUT2D eigenvalue weighted by Gasteiger charge is 2.58. The zero-order valence-electron chi connectivity index (χ0n) is 69.4. The van der Waals surface area contributed by atoms with Crippen LogP contribution in [-0.2, 0) is 0 Å². The van der Waals surface area contributed by atoms with Gasteiger partial charge in [0.1, 0.15) is 0 Å². The van der Waals surface area contributed by atoms with Gasteiger partial charge >= 0.3 is 0 Å². The second-order valence-electron chi connectivity index (χ2n) is 28.2. The van der Waals surface area contributed by atoms with Gasteiger partial charge in [-0.1, -0.05) is 189 Å². The van der Waals surface area contributed by atoms with Crippen molar-refractivity contribution in [1.29, 1.82) is 0 Å². The van der Waals surface area contributed by atoms with Gasteiger partial charge in [-0.25, -0.2) is 0 Å². The predicted octanol–water partition coefficient (Wildman–Crippen LogP) is 49.7. The predicted molar refractivity (Wildman–Crippen MR) is 737 cm³/mol. The molecule has 0 N–H and O–H groups in total. The number of hydrogen-bond donors (Lipinski definition) is 0. The molecule has 51 heteroatoms. The minimum atomic E-state index is -0.184. The lowest BCUT2D eigenvalue weighted by Crippen LogP contribution is -2.10. The second kappa shape index (κ2) is 57.2. The highest BCUT2D eigenvalue weighted by atomic mass is 33.6. The molecule has 0 aliphatic carbocycles. The monoisotopic (exact) mass is 2550 g/mol.